The lowest BCUT2D eigenvalue weighted by Crippen LogP contribution is -2.38. The average molecular weight is 1160 g/mol. The zero-order valence-corrected chi connectivity index (χ0v) is 50.0. The second-order valence-corrected chi connectivity index (χ2v) is 24.5. The number of nitrogens with zero attached hydrogens (tertiary/aromatic N) is 7. The van der Waals surface area contributed by atoms with Crippen molar-refractivity contribution in [1.82, 2.24) is 44.9 Å². The summed E-state index contributed by atoms with van der Waals surface area (Å²) >= 11 is 1.04. The maximum absolute atomic E-state index is 12.5. The topological polar surface area (TPSA) is 279 Å². The van der Waals surface area contributed by atoms with Crippen molar-refractivity contribution in [2.24, 2.45) is 22.7 Å². The standard InChI is InChI=1S/C27H39N4O8P.C24H42N5O7PS/c1-27(2,3)21-16-23(34)31(24(21)35)12-10-22(33)28-11-15-40-26(37)30(5)14-13-29(4)25(36)39-20-8-6-19(7-9-20)17-38-18-32;1-24(2,3)17-16-19(31)29(20(17)32)10-8-18(30)25-9-14-37-22(34)27(6)11-12-28(7)23(35)38-15-13-36-21(33)26(4)5/h6-9,18,21,40H,10-17H2,1-5H3,(H,28,33);17,37H,8-16H2,1-7H3,(H,25,30)/i18D;. The van der Waals surface area contributed by atoms with Crippen molar-refractivity contribution in [2.75, 3.05) is 119 Å². The Balaban J connectivity index is 0.000000542. The highest BCUT2D eigenvalue weighted by atomic mass is 32.2. The summed E-state index contributed by atoms with van der Waals surface area (Å²) in [5.41, 5.74) is -0.182. The molecule has 2 aliphatic heterocycles. The van der Waals surface area contributed by atoms with Gasteiger partial charge in [-0.2, -0.15) is 0 Å². The highest BCUT2D eigenvalue weighted by Crippen LogP contribution is 2.36. The second kappa shape index (κ2) is 33.5. The molecule has 2 fully saturated rings. The second-order valence-electron chi connectivity index (χ2n) is 20.9. The van der Waals surface area contributed by atoms with Crippen molar-refractivity contribution in [3.05, 3.63) is 29.8 Å². The zero-order chi connectivity index (χ0) is 59.8. The van der Waals surface area contributed by atoms with Gasteiger partial charge in [-0.15, -0.1) is 0 Å². The first kappa shape index (κ1) is 66.4. The number of nitrogens with one attached hydrogen (secondary N) is 2. The number of hydrogen-bond acceptors (Lipinski definition) is 16. The monoisotopic (exact) mass is 1150 g/mol. The number of likely N-dealkylation sites (tertiary alicyclic amines) is 2. The van der Waals surface area contributed by atoms with Gasteiger partial charge in [0.15, 0.2) is 1.37 Å². The molecule has 0 aliphatic carbocycles. The van der Waals surface area contributed by atoms with E-state index in [1.165, 1.54) is 29.4 Å². The summed E-state index contributed by atoms with van der Waals surface area (Å²) in [4.78, 5) is 154. The number of amides is 11. The summed E-state index contributed by atoms with van der Waals surface area (Å²) in [5.74, 6) is -1.61. The molecule has 0 aromatic heterocycles. The SMILES string of the molecule is CN(C)C(=O)OCCSC(=O)N(C)CCN(C)C(=O)PCCNC(=O)CCN1C(=O)CC(C(C)(C)C)C1=O.[2H]C(=O)OCc1ccc(OC(=O)N(C)CCN(C)C(=O)PCCNC(=O)CCN2C(=O)CC(C(C)(C)C)C2=O)cc1. The molecule has 2 aliphatic rings. The van der Waals surface area contributed by atoms with Crippen molar-refractivity contribution in [3.8, 4) is 5.75 Å². The molecule has 0 spiro atoms. The van der Waals surface area contributed by atoms with Gasteiger partial charge in [0.25, 0.3) is 11.7 Å². The molecule has 1 aromatic rings. The lowest BCUT2D eigenvalue weighted by molar-refractivity contribution is -0.142. The molecule has 2 heterocycles. The summed E-state index contributed by atoms with van der Waals surface area (Å²) in [5, 5.41) is 5.28. The van der Waals surface area contributed by atoms with E-state index in [2.05, 4.69) is 15.4 Å². The summed E-state index contributed by atoms with van der Waals surface area (Å²) in [6, 6.07) is 6.31. The molecule has 4 atom stereocenters. The number of imide groups is 2. The van der Waals surface area contributed by atoms with Crippen LogP contribution in [0, 0.1) is 22.7 Å². The smallest absolute Gasteiger partial charge is 0.415 e. The van der Waals surface area contributed by atoms with Crippen molar-refractivity contribution >= 4 is 99.5 Å². The first-order chi connectivity index (χ1) is 36.8. The predicted molar refractivity (Wildman–Crippen MR) is 298 cm³/mol. The molecule has 11 amide bonds. The lowest BCUT2D eigenvalue weighted by Gasteiger charge is -2.24. The van der Waals surface area contributed by atoms with Gasteiger partial charge >= 0.3 is 12.2 Å². The van der Waals surface area contributed by atoms with Gasteiger partial charge in [0.05, 0.1) is 11.8 Å². The molecule has 1 aromatic carbocycles. The van der Waals surface area contributed by atoms with E-state index in [9.17, 15) is 57.5 Å². The van der Waals surface area contributed by atoms with E-state index in [0.717, 1.165) is 11.8 Å². The van der Waals surface area contributed by atoms with Crippen LogP contribution in [-0.4, -0.2) is 224 Å². The van der Waals surface area contributed by atoms with Gasteiger partial charge < -0.3 is 49.3 Å². The molecule has 4 unspecified atom stereocenters. The molecule has 78 heavy (non-hydrogen) atoms. The molecule has 0 bridgehead atoms. The minimum absolute atomic E-state index is 0.0132. The fourth-order valence-electron chi connectivity index (χ4n) is 7.23. The van der Waals surface area contributed by atoms with Crippen LogP contribution in [0.3, 0.4) is 0 Å². The molecule has 0 saturated carbocycles. The maximum Gasteiger partial charge on any atom is 0.415 e. The van der Waals surface area contributed by atoms with Crippen LogP contribution in [0.5, 0.6) is 5.75 Å². The van der Waals surface area contributed by atoms with Gasteiger partial charge in [0.1, 0.15) is 19.0 Å². The van der Waals surface area contributed by atoms with E-state index >= 15 is 0 Å². The van der Waals surface area contributed by atoms with Crippen LogP contribution in [-0.2, 0) is 49.6 Å². The Morgan fingerprint density at radius 1 is 0.679 bits per heavy atom. The normalized spacial score (nSPS) is 15.7. The maximum atomic E-state index is 12.5. The Morgan fingerprint density at radius 2 is 1.12 bits per heavy atom. The molecular formula is C51H81N9O15P2S. The number of hydrogen-bond donors (Lipinski definition) is 2. The highest BCUT2D eigenvalue weighted by Gasteiger charge is 2.45. The Morgan fingerprint density at radius 3 is 1.53 bits per heavy atom. The molecule has 27 heteroatoms. The lowest BCUT2D eigenvalue weighted by atomic mass is 9.80. The van der Waals surface area contributed by atoms with E-state index in [1.807, 2.05) is 41.5 Å². The van der Waals surface area contributed by atoms with Crippen LogP contribution < -0.4 is 15.4 Å². The van der Waals surface area contributed by atoms with Gasteiger partial charge in [0, 0.05) is 126 Å². The van der Waals surface area contributed by atoms with Crippen molar-refractivity contribution in [3.63, 3.8) is 0 Å². The van der Waals surface area contributed by atoms with Gasteiger partial charge in [-0.05, 0) is 58.0 Å². The van der Waals surface area contributed by atoms with Crippen LogP contribution in [0.1, 0.15) is 74.2 Å². The molecular weight excluding hydrogens is 1070 g/mol. The molecule has 2 N–H and O–H groups in total. The van der Waals surface area contributed by atoms with Gasteiger partial charge in [0.2, 0.25) is 46.7 Å². The van der Waals surface area contributed by atoms with E-state index in [-0.39, 0.29) is 157 Å². The third-order valence-electron chi connectivity index (χ3n) is 12.3. The Bertz CT molecular complexity index is 2320. The number of carbonyl (C=O) groups is 12. The van der Waals surface area contributed by atoms with Crippen LogP contribution in [0.15, 0.2) is 24.3 Å². The number of likely N-dealkylation sites (N-methyl/N-ethyl adjacent to an activating group) is 4. The first-order valence-corrected chi connectivity index (χ1v) is 28.8. The van der Waals surface area contributed by atoms with Crippen LogP contribution in [0.2, 0.25) is 0 Å². The summed E-state index contributed by atoms with van der Waals surface area (Å²) in [6.45, 7) is 13.6. The highest BCUT2D eigenvalue weighted by molar-refractivity contribution is 8.13. The largest absolute Gasteiger partial charge is 0.463 e. The average Bonchev–Trinajstić information content (AvgIpc) is 3.87. The zero-order valence-electron chi connectivity index (χ0n) is 48.1. The third-order valence-corrected chi connectivity index (χ3v) is 15.6. The van der Waals surface area contributed by atoms with Gasteiger partial charge in [-0.1, -0.05) is 65.4 Å². The van der Waals surface area contributed by atoms with E-state index in [1.54, 1.807) is 71.5 Å². The fourth-order valence-corrected chi connectivity index (χ4v) is 9.58. The molecule has 436 valence electrons. The molecule has 0 radical (unpaired) electrons. The minimum Gasteiger partial charge on any atom is -0.463 e. The van der Waals surface area contributed by atoms with E-state index < -0.39 is 18.6 Å². The molecule has 24 nitrogen and oxygen atoms in total. The van der Waals surface area contributed by atoms with Crippen molar-refractivity contribution < 1.29 is 73.1 Å². The summed E-state index contributed by atoms with van der Waals surface area (Å²) in [6.07, 6.45) is -0.894. The Hall–Kier alpha value is -5.93. The molecule has 3 rings (SSSR count). The van der Waals surface area contributed by atoms with Crippen LogP contribution >= 0.6 is 28.9 Å². The Kier molecular flexibility index (Phi) is 28.5. The molecule has 2 saturated heterocycles. The first-order valence-electron chi connectivity index (χ1n) is 25.9. The van der Waals surface area contributed by atoms with Gasteiger partial charge in [-0.3, -0.25) is 57.7 Å². The Labute approximate surface area is 467 Å². The fraction of sp³-hybridized carbons (Fsp3) is 0.647. The number of carbonyl (C=O) groups excluding carboxylic acids is 12. The van der Waals surface area contributed by atoms with Crippen molar-refractivity contribution in [1.29, 1.82) is 0 Å². The minimum atomic E-state index is -1.13. The van der Waals surface area contributed by atoms with Gasteiger partial charge in [-0.25, -0.2) is 9.59 Å². The van der Waals surface area contributed by atoms with Crippen LogP contribution in [0.4, 0.5) is 24.0 Å². The van der Waals surface area contributed by atoms with Crippen molar-refractivity contribution in [2.45, 2.75) is 73.8 Å². The number of rotatable bonds is 26. The quantitative estimate of drug-likeness (QED) is 0.0556. The number of thioether (sulfide) groups is 1. The summed E-state index contributed by atoms with van der Waals surface area (Å²) in [7, 11) is 9.52. The number of benzene rings is 1. The van der Waals surface area contributed by atoms with E-state index in [4.69, 9.17) is 10.8 Å². The summed E-state index contributed by atoms with van der Waals surface area (Å²) < 4.78 is 21.6. The van der Waals surface area contributed by atoms with E-state index in [0.29, 0.717) is 55.6 Å². The third kappa shape index (κ3) is 24.4. The van der Waals surface area contributed by atoms with Crippen LogP contribution in [0.25, 0.3) is 0 Å². The predicted octanol–water partition coefficient (Wildman–Crippen LogP) is 4.58. The number of ether oxygens (including phenoxy) is 3.